The van der Waals surface area contributed by atoms with E-state index in [2.05, 4.69) is 35.9 Å². The smallest absolute Gasteiger partial charge is 0.0959 e. The second kappa shape index (κ2) is 7.72. The monoisotopic (exact) mass is 305 g/mol. The number of hydrogen-bond acceptors (Lipinski definition) is 4. The van der Waals surface area contributed by atoms with Gasteiger partial charge in [0, 0.05) is 19.7 Å². The van der Waals surface area contributed by atoms with E-state index < -0.39 is 6.10 Å². The molecule has 1 N–H and O–H groups in total. The predicted octanol–water partition coefficient (Wildman–Crippen LogP) is 1.98. The summed E-state index contributed by atoms with van der Waals surface area (Å²) >= 11 is 0. The van der Waals surface area contributed by atoms with E-state index in [1.165, 1.54) is 11.1 Å². The van der Waals surface area contributed by atoms with E-state index >= 15 is 0 Å². The Hall–Kier alpha value is -1.43. The number of aryl methyl sites for hydroxylation is 2. The summed E-state index contributed by atoms with van der Waals surface area (Å²) in [6.07, 6.45) is 1.39. The van der Waals surface area contributed by atoms with Crippen LogP contribution in [0.4, 0.5) is 0 Å². The molecular formula is C17H27N3O2. The largest absolute Gasteiger partial charge is 0.390 e. The molecule has 5 nitrogen and oxygen atoms in total. The van der Waals surface area contributed by atoms with Crippen LogP contribution in [0.1, 0.15) is 18.1 Å². The Morgan fingerprint density at radius 1 is 1.32 bits per heavy atom. The van der Waals surface area contributed by atoms with Gasteiger partial charge in [-0.1, -0.05) is 0 Å². The Morgan fingerprint density at radius 2 is 2.05 bits per heavy atom. The van der Waals surface area contributed by atoms with Crippen molar-refractivity contribution >= 4 is 11.0 Å². The van der Waals surface area contributed by atoms with Crippen molar-refractivity contribution in [2.75, 3.05) is 33.4 Å². The van der Waals surface area contributed by atoms with Crippen molar-refractivity contribution in [3.63, 3.8) is 0 Å². The van der Waals surface area contributed by atoms with Gasteiger partial charge in [0.1, 0.15) is 0 Å². The summed E-state index contributed by atoms with van der Waals surface area (Å²) in [6, 6.07) is 4.24. The molecule has 1 atom stereocenters. The Bertz CT molecular complexity index is 609. The van der Waals surface area contributed by atoms with Crippen molar-refractivity contribution < 1.29 is 9.84 Å². The summed E-state index contributed by atoms with van der Waals surface area (Å²) < 4.78 is 7.37. The minimum Gasteiger partial charge on any atom is -0.390 e. The molecule has 0 fully saturated rings. The maximum absolute atomic E-state index is 10.3. The number of likely N-dealkylation sites (N-methyl/N-ethyl adjacent to an activating group) is 1. The molecule has 1 aromatic heterocycles. The molecule has 122 valence electrons. The van der Waals surface area contributed by atoms with E-state index in [0.717, 1.165) is 24.2 Å². The van der Waals surface area contributed by atoms with Gasteiger partial charge in [0.05, 0.1) is 36.6 Å². The van der Waals surface area contributed by atoms with E-state index in [0.29, 0.717) is 19.7 Å². The Morgan fingerprint density at radius 3 is 2.77 bits per heavy atom. The molecule has 0 saturated heterocycles. The van der Waals surface area contributed by atoms with Gasteiger partial charge >= 0.3 is 0 Å². The van der Waals surface area contributed by atoms with Gasteiger partial charge in [0.15, 0.2) is 0 Å². The zero-order valence-corrected chi connectivity index (χ0v) is 14.0. The van der Waals surface area contributed by atoms with Gasteiger partial charge in [0.2, 0.25) is 0 Å². The third kappa shape index (κ3) is 4.29. The lowest BCUT2D eigenvalue weighted by Gasteiger charge is -2.21. The fourth-order valence-electron chi connectivity index (χ4n) is 2.56. The van der Waals surface area contributed by atoms with E-state index in [1.807, 2.05) is 24.9 Å². The Balaban J connectivity index is 1.97. The first-order valence-electron chi connectivity index (χ1n) is 7.87. The van der Waals surface area contributed by atoms with Crippen molar-refractivity contribution in [3.8, 4) is 0 Å². The number of aromatic nitrogens is 2. The van der Waals surface area contributed by atoms with Gasteiger partial charge in [0.25, 0.3) is 0 Å². The van der Waals surface area contributed by atoms with Crippen LogP contribution in [-0.4, -0.2) is 59.0 Å². The van der Waals surface area contributed by atoms with Crippen LogP contribution < -0.4 is 0 Å². The average molecular weight is 305 g/mol. The highest BCUT2D eigenvalue weighted by molar-refractivity contribution is 5.77. The summed E-state index contributed by atoms with van der Waals surface area (Å²) in [6.45, 7) is 9.62. The molecule has 5 heteroatoms. The van der Waals surface area contributed by atoms with Crippen LogP contribution in [-0.2, 0) is 11.3 Å². The lowest BCUT2D eigenvalue weighted by Crippen LogP contribution is -2.34. The van der Waals surface area contributed by atoms with Crippen molar-refractivity contribution in [1.29, 1.82) is 0 Å². The first kappa shape index (κ1) is 16.9. The van der Waals surface area contributed by atoms with Gasteiger partial charge in [-0.2, -0.15) is 0 Å². The van der Waals surface area contributed by atoms with Crippen molar-refractivity contribution in [2.24, 2.45) is 0 Å². The van der Waals surface area contributed by atoms with Crippen LogP contribution in [0.2, 0.25) is 0 Å². The minimum atomic E-state index is -0.425. The summed E-state index contributed by atoms with van der Waals surface area (Å²) in [5, 5.41) is 10.3. The highest BCUT2D eigenvalue weighted by atomic mass is 16.5. The normalized spacial score (nSPS) is 13.2. The Labute approximate surface area is 132 Å². The minimum absolute atomic E-state index is 0.425. The van der Waals surface area contributed by atoms with Crippen LogP contribution in [0.15, 0.2) is 18.5 Å². The number of fused-ring (bicyclic) bond motifs is 1. The lowest BCUT2D eigenvalue weighted by atomic mass is 10.1. The SMILES string of the molecule is CCOCCN(C)CC(O)Cn1cnc2cc(C)c(C)cc21. The predicted molar refractivity (Wildman–Crippen MR) is 89.2 cm³/mol. The highest BCUT2D eigenvalue weighted by Crippen LogP contribution is 2.18. The number of ether oxygens (including phenoxy) is 1. The molecular weight excluding hydrogens is 278 g/mol. The molecule has 0 radical (unpaired) electrons. The van der Waals surface area contributed by atoms with Crippen LogP contribution >= 0.6 is 0 Å². The summed E-state index contributed by atoms with van der Waals surface area (Å²) in [5.41, 5.74) is 4.56. The zero-order valence-electron chi connectivity index (χ0n) is 14.0. The third-order valence-electron chi connectivity index (χ3n) is 3.99. The molecule has 2 rings (SSSR count). The van der Waals surface area contributed by atoms with E-state index in [4.69, 9.17) is 4.74 Å². The molecule has 0 aliphatic heterocycles. The van der Waals surface area contributed by atoms with E-state index in [-0.39, 0.29) is 0 Å². The number of nitrogens with zero attached hydrogens (tertiary/aromatic N) is 3. The second-order valence-corrected chi connectivity index (χ2v) is 5.94. The molecule has 0 aliphatic carbocycles. The molecule has 1 unspecified atom stereocenters. The van der Waals surface area contributed by atoms with Gasteiger partial charge < -0.3 is 19.3 Å². The molecule has 1 aromatic carbocycles. The molecule has 22 heavy (non-hydrogen) atoms. The number of aliphatic hydroxyl groups is 1. The fraction of sp³-hybridized carbons (Fsp3) is 0.588. The second-order valence-electron chi connectivity index (χ2n) is 5.94. The van der Waals surface area contributed by atoms with Gasteiger partial charge in [-0.05, 0) is 51.1 Å². The summed E-state index contributed by atoms with van der Waals surface area (Å²) in [4.78, 5) is 6.52. The van der Waals surface area contributed by atoms with Crippen molar-refractivity contribution in [3.05, 3.63) is 29.6 Å². The van der Waals surface area contributed by atoms with E-state index in [9.17, 15) is 5.11 Å². The standard InChI is InChI=1S/C17H27N3O2/c1-5-22-7-6-19(4)10-15(21)11-20-12-18-16-8-13(2)14(3)9-17(16)20/h8-9,12,15,21H,5-7,10-11H2,1-4H3. The number of aliphatic hydroxyl groups excluding tert-OH is 1. The maximum atomic E-state index is 10.3. The van der Waals surface area contributed by atoms with Crippen molar-refractivity contribution in [2.45, 2.75) is 33.4 Å². The van der Waals surface area contributed by atoms with Crippen LogP contribution in [0.25, 0.3) is 11.0 Å². The summed E-state index contributed by atoms with van der Waals surface area (Å²) in [7, 11) is 2.00. The van der Waals surface area contributed by atoms with Gasteiger partial charge in [-0.15, -0.1) is 0 Å². The molecule has 0 spiro atoms. The molecule has 0 aliphatic rings. The van der Waals surface area contributed by atoms with Crippen LogP contribution in [0.5, 0.6) is 0 Å². The third-order valence-corrected chi connectivity index (χ3v) is 3.99. The number of hydrogen-bond donors (Lipinski definition) is 1. The molecule has 0 amide bonds. The molecule has 0 bridgehead atoms. The maximum Gasteiger partial charge on any atom is 0.0959 e. The topological polar surface area (TPSA) is 50.5 Å². The first-order chi connectivity index (χ1) is 10.5. The molecule has 2 aromatic rings. The highest BCUT2D eigenvalue weighted by Gasteiger charge is 2.12. The van der Waals surface area contributed by atoms with Crippen molar-refractivity contribution in [1.82, 2.24) is 14.5 Å². The van der Waals surface area contributed by atoms with Crippen LogP contribution in [0, 0.1) is 13.8 Å². The number of rotatable bonds is 8. The number of imidazole rings is 1. The van der Waals surface area contributed by atoms with Crippen LogP contribution in [0.3, 0.4) is 0 Å². The van der Waals surface area contributed by atoms with E-state index in [1.54, 1.807) is 0 Å². The first-order valence-corrected chi connectivity index (χ1v) is 7.87. The van der Waals surface area contributed by atoms with Gasteiger partial charge in [-0.25, -0.2) is 4.98 Å². The zero-order chi connectivity index (χ0) is 16.1. The quantitative estimate of drug-likeness (QED) is 0.758. The molecule has 1 heterocycles. The average Bonchev–Trinajstić information content (AvgIpc) is 2.82. The fourth-order valence-corrected chi connectivity index (χ4v) is 2.56. The van der Waals surface area contributed by atoms with Gasteiger partial charge in [-0.3, -0.25) is 0 Å². The number of benzene rings is 1. The summed E-state index contributed by atoms with van der Waals surface area (Å²) in [5.74, 6) is 0. The lowest BCUT2D eigenvalue weighted by molar-refractivity contribution is 0.0818. The Kier molecular flexibility index (Phi) is 5.94. The molecule has 0 saturated carbocycles.